The van der Waals surface area contributed by atoms with Crippen molar-refractivity contribution in [2.24, 2.45) is 0 Å². The number of fused-ring (bicyclic) bond motifs is 1. The predicted octanol–water partition coefficient (Wildman–Crippen LogP) is 6.07. The van der Waals surface area contributed by atoms with E-state index in [2.05, 4.69) is 83.4 Å². The molecule has 0 heterocycles. The van der Waals surface area contributed by atoms with Gasteiger partial charge in [0.1, 0.15) is 0 Å². The zero-order valence-electron chi connectivity index (χ0n) is 10.1. The fourth-order valence-electron chi connectivity index (χ4n) is 2.55. The highest BCUT2D eigenvalue weighted by Crippen LogP contribution is 2.39. The summed E-state index contributed by atoms with van der Waals surface area (Å²) < 4.78 is 3.34. The third-order valence-corrected chi connectivity index (χ3v) is 5.28. The molecule has 0 radical (unpaired) electrons. The van der Waals surface area contributed by atoms with Crippen LogP contribution in [0.2, 0.25) is 0 Å². The molecule has 0 spiro atoms. The minimum atomic E-state index is 0.387. The minimum Gasteiger partial charge on any atom is -0.376 e. The molecule has 98 valence electrons. The predicted molar refractivity (Wildman–Crippen MR) is 90.7 cm³/mol. The van der Waals surface area contributed by atoms with Gasteiger partial charge in [-0.25, -0.2) is 0 Å². The molecule has 0 saturated carbocycles. The van der Waals surface area contributed by atoms with Gasteiger partial charge in [-0.3, -0.25) is 0 Å². The first-order chi connectivity index (χ1) is 9.15. The molecular weight excluding hydrogens is 434 g/mol. The lowest BCUT2D eigenvalue weighted by Gasteiger charge is -2.18. The van der Waals surface area contributed by atoms with Crippen molar-refractivity contribution in [3.05, 3.63) is 60.9 Å². The number of rotatable bonds is 2. The third kappa shape index (κ3) is 2.76. The molecule has 0 amide bonds. The Hall–Kier alpha value is -0.320. The number of benzene rings is 2. The van der Waals surface area contributed by atoms with Gasteiger partial charge in [-0.15, -0.1) is 0 Å². The molecule has 0 aliphatic heterocycles. The normalized spacial score (nSPS) is 17.3. The second-order valence-corrected chi connectivity index (χ2v) is 7.30. The van der Waals surface area contributed by atoms with Gasteiger partial charge in [0, 0.05) is 13.4 Å². The van der Waals surface area contributed by atoms with Crippen LogP contribution in [0.5, 0.6) is 0 Å². The molecular formula is C15H12Br3N. The molecule has 2 aromatic carbocycles. The molecule has 0 fully saturated rings. The first-order valence-electron chi connectivity index (χ1n) is 6.14. The molecule has 2 aromatic rings. The Balaban J connectivity index is 1.91. The van der Waals surface area contributed by atoms with Gasteiger partial charge in [-0.05, 0) is 80.1 Å². The molecule has 1 unspecified atom stereocenters. The molecule has 1 aliphatic carbocycles. The van der Waals surface area contributed by atoms with E-state index < -0.39 is 0 Å². The van der Waals surface area contributed by atoms with Crippen LogP contribution in [0, 0.1) is 0 Å². The van der Waals surface area contributed by atoms with Crippen LogP contribution in [0.15, 0.2) is 49.8 Å². The zero-order valence-corrected chi connectivity index (χ0v) is 14.8. The van der Waals surface area contributed by atoms with Crippen molar-refractivity contribution in [3.8, 4) is 0 Å². The van der Waals surface area contributed by atoms with Crippen molar-refractivity contribution < 1.29 is 0 Å². The first-order valence-corrected chi connectivity index (χ1v) is 8.52. The second kappa shape index (κ2) is 5.58. The van der Waals surface area contributed by atoms with Crippen LogP contribution < -0.4 is 5.32 Å². The molecule has 1 aliphatic rings. The maximum atomic E-state index is 3.64. The Kier molecular flexibility index (Phi) is 4.01. The molecule has 0 aromatic heterocycles. The topological polar surface area (TPSA) is 12.0 Å². The lowest BCUT2D eigenvalue weighted by Crippen LogP contribution is -2.08. The number of halogens is 3. The Morgan fingerprint density at radius 1 is 1.00 bits per heavy atom. The molecule has 1 N–H and O–H groups in total. The van der Waals surface area contributed by atoms with Crippen LogP contribution in [0.3, 0.4) is 0 Å². The molecule has 1 atom stereocenters. The average Bonchev–Trinajstić information content (AvgIpc) is 2.76. The van der Waals surface area contributed by atoms with E-state index in [1.54, 1.807) is 0 Å². The summed E-state index contributed by atoms with van der Waals surface area (Å²) in [5.74, 6) is 0. The Labute approximate surface area is 138 Å². The summed E-state index contributed by atoms with van der Waals surface area (Å²) in [6, 6.07) is 13.1. The van der Waals surface area contributed by atoms with E-state index in [4.69, 9.17) is 0 Å². The summed E-state index contributed by atoms with van der Waals surface area (Å²) in [6.07, 6.45) is 2.27. The van der Waals surface area contributed by atoms with Gasteiger partial charge in [-0.1, -0.05) is 28.1 Å². The molecule has 1 nitrogen and oxygen atoms in total. The molecule has 19 heavy (non-hydrogen) atoms. The van der Waals surface area contributed by atoms with Crippen LogP contribution in [0.1, 0.15) is 23.6 Å². The minimum absolute atomic E-state index is 0.387. The van der Waals surface area contributed by atoms with E-state index in [0.717, 1.165) is 31.9 Å². The Morgan fingerprint density at radius 3 is 2.47 bits per heavy atom. The quantitative estimate of drug-likeness (QED) is 0.591. The number of anilines is 1. The third-order valence-electron chi connectivity index (χ3n) is 3.46. The van der Waals surface area contributed by atoms with Gasteiger partial charge >= 0.3 is 0 Å². The Bertz CT molecular complexity index is 605. The van der Waals surface area contributed by atoms with Gasteiger partial charge in [0.05, 0.1) is 11.7 Å². The van der Waals surface area contributed by atoms with Gasteiger partial charge in [0.15, 0.2) is 0 Å². The number of hydrogen-bond acceptors (Lipinski definition) is 1. The van der Waals surface area contributed by atoms with Crippen LogP contribution in [-0.4, -0.2) is 0 Å². The van der Waals surface area contributed by atoms with Crippen molar-refractivity contribution in [3.63, 3.8) is 0 Å². The first kappa shape index (κ1) is 13.7. The zero-order chi connectivity index (χ0) is 13.4. The highest BCUT2D eigenvalue weighted by Gasteiger charge is 2.23. The Morgan fingerprint density at radius 2 is 1.74 bits per heavy atom. The number of nitrogens with one attached hydrogen (secondary N) is 1. The van der Waals surface area contributed by atoms with Crippen LogP contribution in [0.25, 0.3) is 0 Å². The van der Waals surface area contributed by atoms with E-state index in [0.29, 0.717) is 6.04 Å². The summed E-state index contributed by atoms with van der Waals surface area (Å²) >= 11 is 10.8. The van der Waals surface area contributed by atoms with Crippen LogP contribution >= 0.6 is 47.8 Å². The standard InChI is InChI=1S/C15H12Br3N/c16-10-5-6-11-9(8-10)4-7-14(11)19-15-12(17)2-1-3-13(15)18/h1-3,5-6,8,14,19H,4,7H2. The number of aryl methyl sites for hydroxylation is 1. The largest absolute Gasteiger partial charge is 0.376 e. The van der Waals surface area contributed by atoms with Gasteiger partial charge in [-0.2, -0.15) is 0 Å². The number of para-hydroxylation sites is 1. The maximum absolute atomic E-state index is 3.64. The maximum Gasteiger partial charge on any atom is 0.0633 e. The fourth-order valence-corrected chi connectivity index (χ4v) is 4.18. The highest BCUT2D eigenvalue weighted by atomic mass is 79.9. The lowest BCUT2D eigenvalue weighted by molar-refractivity contribution is 0.761. The van der Waals surface area contributed by atoms with E-state index in [9.17, 15) is 0 Å². The van der Waals surface area contributed by atoms with Crippen molar-refractivity contribution >= 4 is 53.5 Å². The van der Waals surface area contributed by atoms with Crippen LogP contribution in [0.4, 0.5) is 5.69 Å². The van der Waals surface area contributed by atoms with Crippen molar-refractivity contribution in [2.45, 2.75) is 18.9 Å². The average molecular weight is 446 g/mol. The van der Waals surface area contributed by atoms with Crippen molar-refractivity contribution in [2.75, 3.05) is 5.32 Å². The summed E-state index contributed by atoms with van der Waals surface area (Å²) in [4.78, 5) is 0. The van der Waals surface area contributed by atoms with Gasteiger partial charge in [0.2, 0.25) is 0 Å². The van der Waals surface area contributed by atoms with E-state index in [-0.39, 0.29) is 0 Å². The molecule has 3 rings (SSSR count). The summed E-state index contributed by atoms with van der Waals surface area (Å²) in [6.45, 7) is 0. The van der Waals surface area contributed by atoms with Gasteiger partial charge in [0.25, 0.3) is 0 Å². The fraction of sp³-hybridized carbons (Fsp3) is 0.200. The molecule has 4 heteroatoms. The van der Waals surface area contributed by atoms with Crippen LogP contribution in [-0.2, 0) is 6.42 Å². The summed E-state index contributed by atoms with van der Waals surface area (Å²) in [7, 11) is 0. The SMILES string of the molecule is Brc1ccc2c(c1)CCC2Nc1c(Br)cccc1Br. The lowest BCUT2D eigenvalue weighted by atomic mass is 10.1. The van der Waals surface area contributed by atoms with Gasteiger partial charge < -0.3 is 5.32 Å². The van der Waals surface area contributed by atoms with E-state index >= 15 is 0 Å². The molecule has 0 bridgehead atoms. The summed E-state index contributed by atoms with van der Waals surface area (Å²) in [5.41, 5.74) is 3.98. The monoisotopic (exact) mass is 443 g/mol. The highest BCUT2D eigenvalue weighted by molar-refractivity contribution is 9.11. The number of hydrogen-bond donors (Lipinski definition) is 1. The smallest absolute Gasteiger partial charge is 0.0633 e. The van der Waals surface area contributed by atoms with E-state index in [1.165, 1.54) is 11.1 Å². The molecule has 0 saturated heterocycles. The summed E-state index contributed by atoms with van der Waals surface area (Å²) in [5, 5.41) is 3.64. The van der Waals surface area contributed by atoms with Crippen molar-refractivity contribution in [1.82, 2.24) is 0 Å². The van der Waals surface area contributed by atoms with E-state index in [1.807, 2.05) is 6.07 Å². The second-order valence-electron chi connectivity index (χ2n) is 4.68. The van der Waals surface area contributed by atoms with Crippen molar-refractivity contribution in [1.29, 1.82) is 0 Å².